The number of alkyl halides is 3. The maximum absolute atomic E-state index is 13.0. The van der Waals surface area contributed by atoms with E-state index in [1.165, 1.54) is 25.3 Å². The van der Waals surface area contributed by atoms with Crippen molar-refractivity contribution in [3.05, 3.63) is 72.1 Å². The van der Waals surface area contributed by atoms with E-state index in [2.05, 4.69) is 20.2 Å². The third-order valence-electron chi connectivity index (χ3n) is 9.07. The van der Waals surface area contributed by atoms with E-state index < -0.39 is 17.6 Å². The summed E-state index contributed by atoms with van der Waals surface area (Å²) in [4.78, 5) is 22.7. The van der Waals surface area contributed by atoms with Gasteiger partial charge in [-0.2, -0.15) is 13.2 Å². The number of nitrogens with two attached hydrogens (primary N) is 1. The zero-order valence-corrected chi connectivity index (χ0v) is 22.3. The number of piperidine rings is 1. The number of fused-ring (bicyclic) bond motifs is 2. The lowest BCUT2D eigenvalue weighted by Crippen LogP contribution is -2.41. The van der Waals surface area contributed by atoms with E-state index in [9.17, 15) is 18.0 Å². The number of hydrogen-bond acceptors (Lipinski definition) is 5. The minimum Gasteiger partial charge on any atom is -0.367 e. The van der Waals surface area contributed by atoms with Crippen LogP contribution in [0.1, 0.15) is 60.9 Å². The van der Waals surface area contributed by atoms with E-state index in [0.29, 0.717) is 41.2 Å². The predicted molar refractivity (Wildman–Crippen MR) is 149 cm³/mol. The summed E-state index contributed by atoms with van der Waals surface area (Å²) in [6.45, 7) is 0.875. The fourth-order valence-electron chi connectivity index (χ4n) is 7.20. The number of benzene rings is 1. The molecule has 3 aliphatic rings. The first-order valence-electron chi connectivity index (χ1n) is 14.2. The van der Waals surface area contributed by atoms with Gasteiger partial charge >= 0.3 is 6.18 Å². The summed E-state index contributed by atoms with van der Waals surface area (Å²) in [7, 11) is 0. The Balaban J connectivity index is 1.14. The molecule has 2 saturated carbocycles. The molecule has 2 aliphatic carbocycles. The Kier molecular flexibility index (Phi) is 7.15. The van der Waals surface area contributed by atoms with Gasteiger partial charge in [0.25, 0.3) is 0 Å². The molecule has 2 aromatic heterocycles. The van der Waals surface area contributed by atoms with Gasteiger partial charge in [-0.15, -0.1) is 0 Å². The number of nitrogens with zero attached hydrogens (tertiary/aromatic N) is 3. The van der Waals surface area contributed by atoms with Crippen LogP contribution in [0.25, 0.3) is 11.1 Å². The standard InChI is InChI=1S/C31H34F3N5O/c32-31(33,34)25-8-9-29(37-17-25)39-18-19-12-24(27(39)13-19)15-22-4-1-2-7-26(22)38-28-16-21(10-11-36-28)20-5-3-6-23(14-20)30(35)40/h3,5-6,8-11,14,16-17,19,22,24,26-27H,1-2,4,7,12-13,15,18H2,(H2,35,40)(H,36,38)/t19-,22+,24-,26-,27-/m1/s1. The zero-order valence-electron chi connectivity index (χ0n) is 22.3. The first-order valence-corrected chi connectivity index (χ1v) is 14.2. The number of carbonyl (C=O) groups is 1. The van der Waals surface area contributed by atoms with Crippen molar-refractivity contribution < 1.29 is 18.0 Å². The van der Waals surface area contributed by atoms with Crippen molar-refractivity contribution in [3.63, 3.8) is 0 Å². The Labute approximate surface area is 232 Å². The van der Waals surface area contributed by atoms with Gasteiger partial charge in [-0.3, -0.25) is 4.79 Å². The molecule has 5 atom stereocenters. The molecule has 6 rings (SSSR count). The number of hydrogen-bond donors (Lipinski definition) is 2. The van der Waals surface area contributed by atoms with Crippen LogP contribution < -0.4 is 16.0 Å². The summed E-state index contributed by atoms with van der Waals surface area (Å²) in [5, 5.41) is 3.72. The molecular formula is C31H34F3N5O. The van der Waals surface area contributed by atoms with Crippen molar-refractivity contribution in [2.45, 2.75) is 63.2 Å². The molecule has 1 aliphatic heterocycles. The number of pyridine rings is 2. The normalized spacial score (nSPS) is 26.2. The summed E-state index contributed by atoms with van der Waals surface area (Å²) in [5.41, 5.74) is 7.13. The number of nitrogens with one attached hydrogen (secondary N) is 1. The van der Waals surface area contributed by atoms with Crippen LogP contribution in [0.5, 0.6) is 0 Å². The molecule has 0 radical (unpaired) electrons. The lowest BCUT2D eigenvalue weighted by atomic mass is 9.77. The highest BCUT2D eigenvalue weighted by atomic mass is 19.4. The molecule has 0 unspecified atom stereocenters. The first kappa shape index (κ1) is 26.6. The fourth-order valence-corrected chi connectivity index (χ4v) is 7.20. The summed E-state index contributed by atoms with van der Waals surface area (Å²) in [6.07, 6.45) is 6.36. The highest BCUT2D eigenvalue weighted by Crippen LogP contribution is 2.47. The Morgan fingerprint density at radius 2 is 1.82 bits per heavy atom. The van der Waals surface area contributed by atoms with Gasteiger partial charge in [0.2, 0.25) is 5.91 Å². The molecular weight excluding hydrogens is 515 g/mol. The Hall–Kier alpha value is -3.62. The van der Waals surface area contributed by atoms with Gasteiger partial charge in [-0.25, -0.2) is 9.97 Å². The molecule has 0 spiro atoms. The van der Waals surface area contributed by atoms with Gasteiger partial charge in [0.05, 0.1) is 5.56 Å². The van der Waals surface area contributed by atoms with Gasteiger partial charge in [-0.05, 0) is 97.4 Å². The van der Waals surface area contributed by atoms with Crippen LogP contribution in [0.2, 0.25) is 0 Å². The number of anilines is 2. The van der Waals surface area contributed by atoms with Crippen molar-refractivity contribution >= 4 is 17.5 Å². The number of primary amides is 1. The summed E-state index contributed by atoms with van der Waals surface area (Å²) >= 11 is 0. The van der Waals surface area contributed by atoms with E-state index in [4.69, 9.17) is 5.73 Å². The molecule has 210 valence electrons. The first-order chi connectivity index (χ1) is 19.2. The molecule has 3 aromatic rings. The molecule has 3 heterocycles. The number of halogens is 3. The Bertz CT molecular complexity index is 1360. The van der Waals surface area contributed by atoms with Crippen LogP contribution in [-0.4, -0.2) is 34.5 Å². The van der Waals surface area contributed by atoms with Crippen molar-refractivity contribution in [1.29, 1.82) is 0 Å². The number of amides is 1. The van der Waals surface area contributed by atoms with E-state index in [0.717, 1.165) is 61.4 Å². The van der Waals surface area contributed by atoms with Crippen molar-refractivity contribution in [1.82, 2.24) is 9.97 Å². The highest BCUT2D eigenvalue weighted by molar-refractivity contribution is 5.94. The van der Waals surface area contributed by atoms with Crippen LogP contribution in [0.4, 0.5) is 24.8 Å². The summed E-state index contributed by atoms with van der Waals surface area (Å²) in [5.74, 6) is 2.61. The van der Waals surface area contributed by atoms with Crippen LogP contribution in [0.3, 0.4) is 0 Å². The minimum atomic E-state index is -4.37. The van der Waals surface area contributed by atoms with E-state index in [-0.39, 0.29) is 0 Å². The maximum atomic E-state index is 13.0. The van der Waals surface area contributed by atoms with Crippen LogP contribution in [0, 0.1) is 17.8 Å². The minimum absolute atomic E-state index is 0.310. The third-order valence-corrected chi connectivity index (χ3v) is 9.07. The van der Waals surface area contributed by atoms with Gasteiger partial charge in [0.1, 0.15) is 11.6 Å². The summed E-state index contributed by atoms with van der Waals surface area (Å²) in [6, 6.07) is 14.6. The average molecular weight is 550 g/mol. The van der Waals surface area contributed by atoms with Gasteiger partial charge in [0, 0.05) is 36.6 Å². The molecule has 1 amide bonds. The van der Waals surface area contributed by atoms with Crippen LogP contribution >= 0.6 is 0 Å². The number of rotatable bonds is 7. The van der Waals surface area contributed by atoms with Crippen molar-refractivity contribution in [2.24, 2.45) is 23.5 Å². The van der Waals surface area contributed by atoms with Crippen molar-refractivity contribution in [3.8, 4) is 11.1 Å². The molecule has 3 N–H and O–H groups in total. The molecule has 3 fully saturated rings. The summed E-state index contributed by atoms with van der Waals surface area (Å²) < 4.78 is 39.1. The van der Waals surface area contributed by atoms with E-state index >= 15 is 0 Å². The molecule has 1 aromatic carbocycles. The molecule has 9 heteroatoms. The molecule has 40 heavy (non-hydrogen) atoms. The van der Waals surface area contributed by atoms with Crippen LogP contribution in [-0.2, 0) is 6.18 Å². The monoisotopic (exact) mass is 549 g/mol. The third kappa shape index (κ3) is 5.51. The lowest BCUT2D eigenvalue weighted by molar-refractivity contribution is -0.137. The smallest absolute Gasteiger partial charge is 0.367 e. The second-order valence-electron chi connectivity index (χ2n) is 11.6. The second kappa shape index (κ2) is 10.7. The average Bonchev–Trinajstić information content (AvgIpc) is 3.55. The van der Waals surface area contributed by atoms with E-state index in [1.54, 1.807) is 18.3 Å². The quantitative estimate of drug-likeness (QED) is 0.350. The van der Waals surface area contributed by atoms with Crippen molar-refractivity contribution in [2.75, 3.05) is 16.8 Å². The molecule has 2 bridgehead atoms. The molecule has 1 saturated heterocycles. The number of carbonyl (C=O) groups excluding carboxylic acids is 1. The Morgan fingerprint density at radius 1 is 1.00 bits per heavy atom. The van der Waals surface area contributed by atoms with E-state index in [1.807, 2.05) is 24.3 Å². The molecule has 6 nitrogen and oxygen atoms in total. The predicted octanol–water partition coefficient (Wildman–Crippen LogP) is 6.54. The van der Waals surface area contributed by atoms with Gasteiger partial charge in [0.15, 0.2) is 0 Å². The second-order valence-corrected chi connectivity index (χ2v) is 11.6. The van der Waals surface area contributed by atoms with Gasteiger partial charge < -0.3 is 16.0 Å². The fraction of sp³-hybridized carbons (Fsp3) is 0.452. The van der Waals surface area contributed by atoms with Gasteiger partial charge in [-0.1, -0.05) is 25.0 Å². The SMILES string of the molecule is NC(=O)c1cccc(-c2ccnc(N[C@@H]3CCCC[C@H]3C[C@H]3C[C@@H]4C[C@H]3N(c3ccc(C(F)(F)F)cn3)C4)c2)c1. The zero-order chi connectivity index (χ0) is 27.9. The maximum Gasteiger partial charge on any atom is 0.417 e. The highest BCUT2D eigenvalue weighted by Gasteiger charge is 2.46. The lowest BCUT2D eigenvalue weighted by Gasteiger charge is -2.39. The number of aromatic nitrogens is 2. The van der Waals surface area contributed by atoms with Crippen LogP contribution in [0.15, 0.2) is 60.9 Å². The Morgan fingerprint density at radius 3 is 2.58 bits per heavy atom. The largest absolute Gasteiger partial charge is 0.417 e. The topological polar surface area (TPSA) is 84.1 Å².